The summed E-state index contributed by atoms with van der Waals surface area (Å²) in [4.78, 5) is 14.7. The van der Waals surface area contributed by atoms with Crippen LogP contribution in [0.25, 0.3) is 0 Å². The molecule has 1 atom stereocenters. The van der Waals surface area contributed by atoms with Crippen molar-refractivity contribution in [3.8, 4) is 0 Å². The molecule has 0 spiro atoms. The molecule has 0 fully saturated rings. The molecule has 1 aromatic rings. The Balaban J connectivity index is 2.26. The highest BCUT2D eigenvalue weighted by Gasteiger charge is 2.33. The normalized spacial score (nSPS) is 18.4. The second-order valence-electron chi connectivity index (χ2n) is 5.92. The molecule has 3 nitrogen and oxygen atoms in total. The third kappa shape index (κ3) is 2.60. The predicted octanol–water partition coefficient (Wildman–Crippen LogP) is 3.23. The van der Waals surface area contributed by atoms with E-state index < -0.39 is 0 Å². The number of nitrogens with one attached hydrogen (secondary N) is 1. The average molecular weight is 260 g/mol. The highest BCUT2D eigenvalue weighted by atomic mass is 16.2. The molecular weight excluding hydrogens is 236 g/mol. The second kappa shape index (κ2) is 5.24. The summed E-state index contributed by atoms with van der Waals surface area (Å²) in [6.45, 7) is 7.24. The van der Waals surface area contributed by atoms with Crippen molar-refractivity contribution in [2.24, 2.45) is 0 Å². The number of carbonyl (C=O) groups is 1. The van der Waals surface area contributed by atoms with E-state index in [2.05, 4.69) is 38.2 Å². The number of hydrogen-bond acceptors (Lipinski definition) is 2. The van der Waals surface area contributed by atoms with Gasteiger partial charge in [0.15, 0.2) is 0 Å². The number of hydrogen-bond donors (Lipinski definition) is 1. The van der Waals surface area contributed by atoms with E-state index in [0.717, 1.165) is 30.6 Å². The number of benzene rings is 1. The molecule has 1 aromatic carbocycles. The van der Waals surface area contributed by atoms with Crippen LogP contribution in [0.15, 0.2) is 24.3 Å². The summed E-state index contributed by atoms with van der Waals surface area (Å²) in [6, 6.07) is 8.14. The fourth-order valence-corrected chi connectivity index (χ4v) is 2.49. The van der Waals surface area contributed by atoms with Gasteiger partial charge in [-0.1, -0.05) is 25.1 Å². The van der Waals surface area contributed by atoms with Crippen LogP contribution < -0.4 is 5.32 Å². The van der Waals surface area contributed by atoms with E-state index in [-0.39, 0.29) is 17.4 Å². The molecule has 3 heteroatoms. The Labute approximate surface area is 116 Å². The lowest BCUT2D eigenvalue weighted by atomic mass is 9.88. The Morgan fingerprint density at radius 1 is 1.42 bits per heavy atom. The van der Waals surface area contributed by atoms with Crippen LogP contribution >= 0.6 is 0 Å². The summed E-state index contributed by atoms with van der Waals surface area (Å²) in [5, 5.41) is 3.37. The third-order valence-corrected chi connectivity index (χ3v) is 4.49. The minimum atomic E-state index is -0.0864. The lowest BCUT2D eigenvalue weighted by molar-refractivity contribution is -0.136. The molecule has 0 saturated carbocycles. The number of rotatable bonds is 3. The molecule has 0 aromatic heterocycles. The van der Waals surface area contributed by atoms with Crippen molar-refractivity contribution in [2.75, 3.05) is 18.9 Å². The van der Waals surface area contributed by atoms with E-state index in [1.54, 1.807) is 0 Å². The Kier molecular flexibility index (Phi) is 3.83. The first-order valence-electron chi connectivity index (χ1n) is 7.08. The van der Waals surface area contributed by atoms with Crippen molar-refractivity contribution in [3.63, 3.8) is 0 Å². The van der Waals surface area contributed by atoms with Crippen LogP contribution in [-0.2, 0) is 4.79 Å². The van der Waals surface area contributed by atoms with Crippen molar-refractivity contribution in [3.05, 3.63) is 29.8 Å². The van der Waals surface area contributed by atoms with Gasteiger partial charge < -0.3 is 10.2 Å². The van der Waals surface area contributed by atoms with E-state index >= 15 is 0 Å². The van der Waals surface area contributed by atoms with Crippen molar-refractivity contribution < 1.29 is 4.79 Å². The topological polar surface area (TPSA) is 32.3 Å². The minimum Gasteiger partial charge on any atom is -0.385 e. The Hall–Kier alpha value is -1.51. The maximum absolute atomic E-state index is 12.8. The molecule has 19 heavy (non-hydrogen) atoms. The van der Waals surface area contributed by atoms with Crippen LogP contribution in [0.5, 0.6) is 0 Å². The first-order chi connectivity index (χ1) is 8.97. The van der Waals surface area contributed by atoms with Gasteiger partial charge in [0.05, 0.1) is 5.92 Å². The highest BCUT2D eigenvalue weighted by Crippen LogP contribution is 2.34. The Morgan fingerprint density at radius 3 is 2.79 bits per heavy atom. The summed E-state index contributed by atoms with van der Waals surface area (Å²) >= 11 is 0. The lowest BCUT2D eigenvalue weighted by Crippen LogP contribution is -2.47. The van der Waals surface area contributed by atoms with Gasteiger partial charge in [-0.05, 0) is 38.3 Å². The van der Waals surface area contributed by atoms with Gasteiger partial charge >= 0.3 is 0 Å². The zero-order chi connectivity index (χ0) is 14.0. The van der Waals surface area contributed by atoms with Gasteiger partial charge in [0.25, 0.3) is 0 Å². The molecule has 1 aliphatic rings. The van der Waals surface area contributed by atoms with Gasteiger partial charge in [-0.25, -0.2) is 0 Å². The van der Waals surface area contributed by atoms with E-state index in [9.17, 15) is 4.79 Å². The predicted molar refractivity (Wildman–Crippen MR) is 79.4 cm³/mol. The number of carbonyl (C=O) groups excluding carboxylic acids is 1. The molecule has 1 aliphatic heterocycles. The molecule has 104 valence electrons. The molecule has 0 saturated heterocycles. The SMILES string of the molecule is CCC(C)(C)N(C)C(=O)C1CCNc2ccccc21. The van der Waals surface area contributed by atoms with Gasteiger partial charge in [0, 0.05) is 24.8 Å². The van der Waals surface area contributed by atoms with Crippen LogP contribution in [0, 0.1) is 0 Å². The molecule has 1 heterocycles. The number of anilines is 1. The monoisotopic (exact) mass is 260 g/mol. The molecular formula is C16H24N2O. The number of nitrogens with zero attached hydrogens (tertiary/aromatic N) is 1. The van der Waals surface area contributed by atoms with Crippen molar-refractivity contribution in [1.82, 2.24) is 4.90 Å². The summed E-state index contributed by atoms with van der Waals surface area (Å²) in [7, 11) is 1.93. The molecule has 0 bridgehead atoms. The molecule has 2 rings (SSSR count). The number of fused-ring (bicyclic) bond motifs is 1. The summed E-state index contributed by atoms with van der Waals surface area (Å²) in [6.07, 6.45) is 1.84. The van der Waals surface area contributed by atoms with E-state index in [1.165, 1.54) is 0 Å². The number of likely N-dealkylation sites (N-methyl/N-ethyl adjacent to an activating group) is 1. The third-order valence-electron chi connectivity index (χ3n) is 4.49. The van der Waals surface area contributed by atoms with E-state index in [4.69, 9.17) is 0 Å². The van der Waals surface area contributed by atoms with Gasteiger partial charge in [-0.2, -0.15) is 0 Å². The molecule has 1 N–H and O–H groups in total. The molecule has 0 radical (unpaired) electrons. The fraction of sp³-hybridized carbons (Fsp3) is 0.562. The first-order valence-corrected chi connectivity index (χ1v) is 7.08. The maximum atomic E-state index is 12.8. The van der Waals surface area contributed by atoms with E-state index in [0.29, 0.717) is 0 Å². The summed E-state index contributed by atoms with van der Waals surface area (Å²) in [5.74, 6) is 0.231. The van der Waals surface area contributed by atoms with Crippen molar-refractivity contribution >= 4 is 11.6 Å². The van der Waals surface area contributed by atoms with Crippen LogP contribution in [0.4, 0.5) is 5.69 Å². The molecule has 0 aliphatic carbocycles. The largest absolute Gasteiger partial charge is 0.385 e. The first kappa shape index (κ1) is 13.9. The number of amides is 1. The molecule has 1 unspecified atom stereocenters. The standard InChI is InChI=1S/C16H24N2O/c1-5-16(2,3)18(4)15(19)13-10-11-17-14-9-7-6-8-12(13)14/h6-9,13,17H,5,10-11H2,1-4H3. The quantitative estimate of drug-likeness (QED) is 0.905. The Morgan fingerprint density at radius 2 is 2.11 bits per heavy atom. The van der Waals surface area contributed by atoms with Crippen molar-refractivity contribution in [2.45, 2.75) is 45.1 Å². The van der Waals surface area contributed by atoms with Crippen LogP contribution in [0.3, 0.4) is 0 Å². The number of para-hydroxylation sites is 1. The van der Waals surface area contributed by atoms with Crippen molar-refractivity contribution in [1.29, 1.82) is 0 Å². The summed E-state index contributed by atoms with van der Waals surface area (Å²) in [5.41, 5.74) is 2.16. The van der Waals surface area contributed by atoms with Crippen LogP contribution in [-0.4, -0.2) is 29.9 Å². The van der Waals surface area contributed by atoms with Gasteiger partial charge in [0.1, 0.15) is 0 Å². The Bertz CT molecular complexity index is 468. The zero-order valence-electron chi connectivity index (χ0n) is 12.4. The van der Waals surface area contributed by atoms with Gasteiger partial charge in [0.2, 0.25) is 5.91 Å². The van der Waals surface area contributed by atoms with Gasteiger partial charge in [-0.3, -0.25) is 4.79 Å². The smallest absolute Gasteiger partial charge is 0.230 e. The maximum Gasteiger partial charge on any atom is 0.230 e. The van der Waals surface area contributed by atoms with Crippen LogP contribution in [0.2, 0.25) is 0 Å². The summed E-state index contributed by atoms with van der Waals surface area (Å²) < 4.78 is 0. The zero-order valence-corrected chi connectivity index (χ0v) is 12.4. The van der Waals surface area contributed by atoms with Crippen LogP contribution in [0.1, 0.15) is 45.1 Å². The molecule has 1 amide bonds. The lowest BCUT2D eigenvalue weighted by Gasteiger charge is -2.38. The highest BCUT2D eigenvalue weighted by molar-refractivity contribution is 5.86. The minimum absolute atomic E-state index is 0.00623. The second-order valence-corrected chi connectivity index (χ2v) is 5.92. The fourth-order valence-electron chi connectivity index (χ4n) is 2.49. The van der Waals surface area contributed by atoms with E-state index in [1.807, 2.05) is 24.1 Å². The average Bonchev–Trinajstić information content (AvgIpc) is 2.45. The van der Waals surface area contributed by atoms with Gasteiger partial charge in [-0.15, -0.1) is 0 Å².